The van der Waals surface area contributed by atoms with Gasteiger partial charge in [0.15, 0.2) is 0 Å². The fraction of sp³-hybridized carbons (Fsp3) is 0.143. The molecule has 0 saturated heterocycles. The van der Waals surface area contributed by atoms with Crippen LogP contribution in [0, 0.1) is 13.8 Å². The molecule has 5 nitrogen and oxygen atoms in total. The van der Waals surface area contributed by atoms with E-state index in [0.29, 0.717) is 17.0 Å². The Kier molecular flexibility index (Phi) is 5.17. The van der Waals surface area contributed by atoms with Crippen molar-refractivity contribution in [2.75, 3.05) is 17.7 Å². The number of pyridine rings is 1. The lowest BCUT2D eigenvalue weighted by atomic mass is 10.1. The van der Waals surface area contributed by atoms with E-state index in [2.05, 4.69) is 41.6 Å². The van der Waals surface area contributed by atoms with Crippen LogP contribution in [0.4, 0.5) is 17.2 Å². The maximum absolute atomic E-state index is 12.3. The number of rotatable bonds is 5. The first-order chi connectivity index (χ1) is 12.5. The Morgan fingerprint density at radius 1 is 1.04 bits per heavy atom. The van der Waals surface area contributed by atoms with E-state index in [4.69, 9.17) is 4.74 Å². The standard InChI is InChI=1S/C21H21N3O2/c1-14-7-9-19(15(2)11-14)24-20-10-8-17(13-22-20)23-21(25)16-5-4-6-18(12-16)26-3/h4-13H,1-3H3,(H,22,24)(H,23,25). The number of carbonyl (C=O) groups excluding carboxylic acids is 1. The van der Waals surface area contributed by atoms with E-state index in [1.54, 1.807) is 37.6 Å². The second-order valence-electron chi connectivity index (χ2n) is 6.06. The monoisotopic (exact) mass is 347 g/mol. The van der Waals surface area contributed by atoms with Crippen LogP contribution >= 0.6 is 0 Å². The number of aryl methyl sites for hydroxylation is 2. The normalized spacial score (nSPS) is 10.3. The van der Waals surface area contributed by atoms with E-state index >= 15 is 0 Å². The number of methoxy groups -OCH3 is 1. The van der Waals surface area contributed by atoms with Crippen molar-refractivity contribution in [3.8, 4) is 5.75 Å². The molecule has 0 aliphatic carbocycles. The lowest BCUT2D eigenvalue weighted by Gasteiger charge is -2.11. The molecule has 2 aromatic carbocycles. The van der Waals surface area contributed by atoms with Crippen LogP contribution in [0.1, 0.15) is 21.5 Å². The van der Waals surface area contributed by atoms with Gasteiger partial charge in [-0.2, -0.15) is 0 Å². The molecule has 2 N–H and O–H groups in total. The number of amides is 1. The Hall–Kier alpha value is -3.34. The minimum atomic E-state index is -0.208. The molecule has 3 aromatic rings. The Bertz CT molecular complexity index is 921. The van der Waals surface area contributed by atoms with Crippen LogP contribution in [0.2, 0.25) is 0 Å². The van der Waals surface area contributed by atoms with Gasteiger partial charge in [0.2, 0.25) is 0 Å². The van der Waals surface area contributed by atoms with E-state index in [-0.39, 0.29) is 5.91 Å². The van der Waals surface area contributed by atoms with Crippen LogP contribution < -0.4 is 15.4 Å². The largest absolute Gasteiger partial charge is 0.497 e. The summed E-state index contributed by atoms with van der Waals surface area (Å²) in [5.41, 5.74) is 4.54. The van der Waals surface area contributed by atoms with Crippen molar-refractivity contribution in [2.24, 2.45) is 0 Å². The second-order valence-corrected chi connectivity index (χ2v) is 6.06. The fourth-order valence-electron chi connectivity index (χ4n) is 2.60. The van der Waals surface area contributed by atoms with Gasteiger partial charge >= 0.3 is 0 Å². The van der Waals surface area contributed by atoms with Crippen LogP contribution in [0.5, 0.6) is 5.75 Å². The second kappa shape index (κ2) is 7.70. The molecule has 132 valence electrons. The highest BCUT2D eigenvalue weighted by atomic mass is 16.5. The molecule has 0 radical (unpaired) electrons. The molecule has 0 aliphatic rings. The summed E-state index contributed by atoms with van der Waals surface area (Å²) in [6.07, 6.45) is 1.63. The summed E-state index contributed by atoms with van der Waals surface area (Å²) in [5.74, 6) is 1.15. The highest BCUT2D eigenvalue weighted by Crippen LogP contribution is 2.21. The van der Waals surface area contributed by atoms with Crippen molar-refractivity contribution in [3.63, 3.8) is 0 Å². The molecule has 0 atom stereocenters. The number of nitrogens with zero attached hydrogens (tertiary/aromatic N) is 1. The molecular formula is C21H21N3O2. The van der Waals surface area contributed by atoms with Crippen molar-refractivity contribution >= 4 is 23.1 Å². The number of hydrogen-bond donors (Lipinski definition) is 2. The summed E-state index contributed by atoms with van der Waals surface area (Å²) in [7, 11) is 1.57. The van der Waals surface area contributed by atoms with Crippen LogP contribution in [0.3, 0.4) is 0 Å². The number of aromatic nitrogens is 1. The third-order valence-corrected chi connectivity index (χ3v) is 4.00. The van der Waals surface area contributed by atoms with E-state index in [9.17, 15) is 4.79 Å². The van der Waals surface area contributed by atoms with E-state index in [1.807, 2.05) is 18.2 Å². The molecule has 0 saturated carbocycles. The highest BCUT2D eigenvalue weighted by molar-refractivity contribution is 6.04. The Morgan fingerprint density at radius 2 is 1.88 bits per heavy atom. The zero-order chi connectivity index (χ0) is 18.5. The fourth-order valence-corrected chi connectivity index (χ4v) is 2.60. The number of nitrogens with one attached hydrogen (secondary N) is 2. The van der Waals surface area contributed by atoms with Gasteiger partial charge in [0, 0.05) is 11.3 Å². The molecule has 0 spiro atoms. The molecular weight excluding hydrogens is 326 g/mol. The summed E-state index contributed by atoms with van der Waals surface area (Å²) >= 11 is 0. The van der Waals surface area contributed by atoms with Crippen molar-refractivity contribution in [1.82, 2.24) is 4.98 Å². The third-order valence-electron chi connectivity index (χ3n) is 4.00. The molecule has 0 fully saturated rings. The highest BCUT2D eigenvalue weighted by Gasteiger charge is 2.08. The summed E-state index contributed by atoms with van der Waals surface area (Å²) in [5, 5.41) is 6.12. The molecule has 1 heterocycles. The van der Waals surface area contributed by atoms with E-state index < -0.39 is 0 Å². The summed E-state index contributed by atoms with van der Waals surface area (Å²) in [6, 6.07) is 16.9. The first kappa shape index (κ1) is 17.5. The van der Waals surface area contributed by atoms with Crippen molar-refractivity contribution in [3.05, 3.63) is 77.5 Å². The molecule has 26 heavy (non-hydrogen) atoms. The molecule has 1 aromatic heterocycles. The van der Waals surface area contributed by atoms with Gasteiger partial charge in [-0.05, 0) is 55.8 Å². The van der Waals surface area contributed by atoms with Crippen LogP contribution in [0.25, 0.3) is 0 Å². The van der Waals surface area contributed by atoms with Gasteiger partial charge < -0.3 is 15.4 Å². The molecule has 0 aliphatic heterocycles. The maximum Gasteiger partial charge on any atom is 0.255 e. The number of ether oxygens (including phenoxy) is 1. The Morgan fingerprint density at radius 3 is 2.58 bits per heavy atom. The summed E-state index contributed by atoms with van der Waals surface area (Å²) in [4.78, 5) is 16.7. The van der Waals surface area contributed by atoms with Gasteiger partial charge in [0.05, 0.1) is 19.0 Å². The average molecular weight is 347 g/mol. The minimum Gasteiger partial charge on any atom is -0.497 e. The van der Waals surface area contributed by atoms with Gasteiger partial charge in [-0.1, -0.05) is 23.8 Å². The summed E-state index contributed by atoms with van der Waals surface area (Å²) in [6.45, 7) is 4.12. The molecule has 0 unspecified atom stereocenters. The molecule has 3 rings (SSSR count). The van der Waals surface area contributed by atoms with Gasteiger partial charge in [-0.15, -0.1) is 0 Å². The van der Waals surface area contributed by atoms with Gasteiger partial charge in [-0.3, -0.25) is 4.79 Å². The van der Waals surface area contributed by atoms with Crippen molar-refractivity contribution in [1.29, 1.82) is 0 Å². The number of anilines is 3. The zero-order valence-corrected chi connectivity index (χ0v) is 15.0. The van der Waals surface area contributed by atoms with Gasteiger partial charge in [0.25, 0.3) is 5.91 Å². The SMILES string of the molecule is COc1cccc(C(=O)Nc2ccc(Nc3ccc(C)cc3C)nc2)c1. The predicted molar refractivity (Wildman–Crippen MR) is 104 cm³/mol. The Balaban J connectivity index is 1.68. The summed E-state index contributed by atoms with van der Waals surface area (Å²) < 4.78 is 5.14. The quantitative estimate of drug-likeness (QED) is 0.702. The Labute approximate surface area is 153 Å². The lowest BCUT2D eigenvalue weighted by Crippen LogP contribution is -2.12. The van der Waals surface area contributed by atoms with Crippen LogP contribution in [-0.4, -0.2) is 18.0 Å². The number of benzene rings is 2. The van der Waals surface area contributed by atoms with Crippen molar-refractivity contribution < 1.29 is 9.53 Å². The maximum atomic E-state index is 12.3. The topological polar surface area (TPSA) is 63.2 Å². The third kappa shape index (κ3) is 4.19. The van der Waals surface area contributed by atoms with Gasteiger partial charge in [0.1, 0.15) is 11.6 Å². The van der Waals surface area contributed by atoms with Crippen molar-refractivity contribution in [2.45, 2.75) is 13.8 Å². The first-order valence-corrected chi connectivity index (χ1v) is 8.31. The van der Waals surface area contributed by atoms with Crippen LogP contribution in [-0.2, 0) is 0 Å². The van der Waals surface area contributed by atoms with E-state index in [1.165, 1.54) is 5.56 Å². The zero-order valence-electron chi connectivity index (χ0n) is 15.0. The van der Waals surface area contributed by atoms with Crippen LogP contribution in [0.15, 0.2) is 60.8 Å². The number of hydrogen-bond acceptors (Lipinski definition) is 4. The molecule has 0 bridgehead atoms. The predicted octanol–water partition coefficient (Wildman–Crippen LogP) is 4.70. The lowest BCUT2D eigenvalue weighted by molar-refractivity contribution is 0.102. The molecule has 1 amide bonds. The minimum absolute atomic E-state index is 0.208. The first-order valence-electron chi connectivity index (χ1n) is 8.31. The smallest absolute Gasteiger partial charge is 0.255 e. The molecule has 5 heteroatoms. The number of carbonyl (C=O) groups is 1. The van der Waals surface area contributed by atoms with Gasteiger partial charge in [-0.25, -0.2) is 4.98 Å². The van der Waals surface area contributed by atoms with E-state index in [0.717, 1.165) is 17.1 Å². The average Bonchev–Trinajstić information content (AvgIpc) is 2.65.